The topological polar surface area (TPSA) is 62.2 Å². The number of aryl methyl sites for hydroxylation is 1. The van der Waals surface area contributed by atoms with Crippen LogP contribution in [0.25, 0.3) is 5.69 Å². The van der Waals surface area contributed by atoms with E-state index in [0.717, 1.165) is 38.5 Å². The number of amides is 1. The molecule has 0 spiro atoms. The van der Waals surface area contributed by atoms with Crippen molar-refractivity contribution in [2.24, 2.45) is 5.92 Å². The van der Waals surface area contributed by atoms with E-state index < -0.39 is 0 Å². The Balaban J connectivity index is 1.61. The molecule has 2 N–H and O–H groups in total. The largest absolute Gasteiger partial charge is 0.351 e. The number of benzene rings is 2. The molecule has 6 nitrogen and oxygen atoms in total. The Bertz CT molecular complexity index is 1540. The molecule has 4 aromatic rings. The first-order valence-electron chi connectivity index (χ1n) is 12.7. The molecular weight excluding hydrogens is 594 g/mol. The van der Waals surface area contributed by atoms with E-state index in [1.54, 1.807) is 6.20 Å². The van der Waals surface area contributed by atoms with Crippen LogP contribution < -0.4 is 15.5 Å². The van der Waals surface area contributed by atoms with Crippen LogP contribution in [0, 0.1) is 19.8 Å². The Morgan fingerprint density at radius 3 is 2.44 bits per heavy atom. The molecule has 0 aliphatic carbocycles. The molecule has 9 heteroatoms. The van der Waals surface area contributed by atoms with E-state index >= 15 is 0 Å². The van der Waals surface area contributed by atoms with Crippen LogP contribution in [-0.4, -0.2) is 20.6 Å². The average molecular weight is 623 g/mol. The van der Waals surface area contributed by atoms with Crippen molar-refractivity contribution in [2.75, 3.05) is 10.2 Å². The lowest BCUT2D eigenvalue weighted by atomic mass is 9.96. The second-order valence-electron chi connectivity index (χ2n) is 9.94. The van der Waals surface area contributed by atoms with Gasteiger partial charge in [-0.05, 0) is 92.3 Å². The fourth-order valence-electron chi connectivity index (χ4n) is 5.06. The fourth-order valence-corrected chi connectivity index (χ4v) is 5.89. The van der Waals surface area contributed by atoms with Crippen LogP contribution in [0.1, 0.15) is 48.6 Å². The molecule has 1 aliphatic rings. The smallest absolute Gasteiger partial charge is 0.226 e. The number of nitrogens with zero attached hydrogens (tertiary/aromatic N) is 3. The van der Waals surface area contributed by atoms with Gasteiger partial charge in [-0.3, -0.25) is 9.78 Å². The van der Waals surface area contributed by atoms with Crippen LogP contribution in [0.2, 0.25) is 5.02 Å². The van der Waals surface area contributed by atoms with Crippen LogP contribution in [-0.2, 0) is 4.79 Å². The highest BCUT2D eigenvalue weighted by molar-refractivity contribution is 9.10. The van der Waals surface area contributed by atoms with Gasteiger partial charge in [-0.25, -0.2) is 0 Å². The molecule has 1 fully saturated rings. The number of carbonyl (C=O) groups excluding carboxylic acids is 1. The van der Waals surface area contributed by atoms with Gasteiger partial charge < -0.3 is 20.1 Å². The highest BCUT2D eigenvalue weighted by Crippen LogP contribution is 2.44. The molecule has 0 radical (unpaired) electrons. The number of aromatic nitrogens is 2. The van der Waals surface area contributed by atoms with Crippen LogP contribution in [0.3, 0.4) is 0 Å². The predicted molar refractivity (Wildman–Crippen MR) is 166 cm³/mol. The van der Waals surface area contributed by atoms with Crippen LogP contribution >= 0.6 is 39.7 Å². The number of thiocarbonyl (C=S) groups is 1. The van der Waals surface area contributed by atoms with E-state index in [1.165, 1.54) is 0 Å². The molecule has 1 saturated heterocycles. The number of hydrogen-bond donors (Lipinski definition) is 2. The quantitative estimate of drug-likeness (QED) is 0.216. The van der Waals surface area contributed by atoms with Crippen molar-refractivity contribution in [2.45, 2.75) is 39.8 Å². The SMILES string of the molecule is Cc1cc(C2C(c3ccccn3)NC(=S)N2c2ccc(NC(=O)C(C)C)c(Cl)c2)c(C)n1-c1ccc(Br)cc1. The monoisotopic (exact) mass is 621 g/mol. The molecule has 2 unspecified atom stereocenters. The first-order valence-corrected chi connectivity index (χ1v) is 14.3. The number of halogens is 2. The Labute approximate surface area is 247 Å². The maximum atomic E-state index is 12.3. The number of anilines is 2. The first kappa shape index (κ1) is 27.4. The lowest BCUT2D eigenvalue weighted by Crippen LogP contribution is -2.29. The van der Waals surface area contributed by atoms with Gasteiger partial charge in [0, 0.05) is 39.4 Å². The Kier molecular flexibility index (Phi) is 7.80. The molecule has 0 bridgehead atoms. The first-order chi connectivity index (χ1) is 18.7. The maximum Gasteiger partial charge on any atom is 0.226 e. The second kappa shape index (κ2) is 11.1. The molecule has 0 saturated carbocycles. The Hall–Kier alpha value is -3.20. The summed E-state index contributed by atoms with van der Waals surface area (Å²) in [6, 6.07) is 21.7. The van der Waals surface area contributed by atoms with Crippen molar-refractivity contribution in [3.63, 3.8) is 0 Å². The van der Waals surface area contributed by atoms with Gasteiger partial charge in [0.1, 0.15) is 0 Å². The zero-order valence-electron chi connectivity index (χ0n) is 22.1. The van der Waals surface area contributed by atoms with Crippen molar-refractivity contribution in [3.8, 4) is 5.69 Å². The molecule has 1 aliphatic heterocycles. The summed E-state index contributed by atoms with van der Waals surface area (Å²) in [6.07, 6.45) is 1.80. The Morgan fingerprint density at radius 1 is 1.08 bits per heavy atom. The molecular formula is C30H29BrClN5OS. The third-order valence-corrected chi connectivity index (χ3v) is 8.14. The summed E-state index contributed by atoms with van der Waals surface area (Å²) in [5.74, 6) is -0.239. The van der Waals surface area contributed by atoms with Crippen molar-refractivity contribution < 1.29 is 4.79 Å². The van der Waals surface area contributed by atoms with Crippen molar-refractivity contribution >= 4 is 62.1 Å². The second-order valence-corrected chi connectivity index (χ2v) is 11.7. The van der Waals surface area contributed by atoms with Crippen molar-refractivity contribution in [3.05, 3.63) is 105 Å². The summed E-state index contributed by atoms with van der Waals surface area (Å²) in [6.45, 7) is 7.94. The lowest BCUT2D eigenvalue weighted by molar-refractivity contribution is -0.118. The minimum absolute atomic E-state index is 0.0866. The number of hydrogen-bond acceptors (Lipinski definition) is 3. The lowest BCUT2D eigenvalue weighted by Gasteiger charge is -2.28. The summed E-state index contributed by atoms with van der Waals surface area (Å²) < 4.78 is 3.29. The van der Waals surface area contributed by atoms with Gasteiger partial charge in [-0.1, -0.05) is 47.4 Å². The van der Waals surface area contributed by atoms with Crippen LogP contribution in [0.15, 0.2) is 77.4 Å². The molecule has 2 aromatic carbocycles. The Morgan fingerprint density at radius 2 is 1.79 bits per heavy atom. The molecule has 3 heterocycles. The summed E-state index contributed by atoms with van der Waals surface area (Å²) in [5, 5.41) is 7.45. The number of pyridine rings is 1. The zero-order chi connectivity index (χ0) is 27.8. The molecule has 5 rings (SSSR count). The summed E-state index contributed by atoms with van der Waals surface area (Å²) in [5.41, 5.74) is 6.75. The molecule has 2 aromatic heterocycles. The summed E-state index contributed by atoms with van der Waals surface area (Å²) in [7, 11) is 0. The minimum Gasteiger partial charge on any atom is -0.351 e. The van der Waals surface area contributed by atoms with E-state index in [-0.39, 0.29) is 23.9 Å². The molecule has 200 valence electrons. The van der Waals surface area contributed by atoms with Crippen LogP contribution in [0.4, 0.5) is 11.4 Å². The average Bonchev–Trinajstić information content (AvgIpc) is 3.41. The number of carbonyl (C=O) groups is 1. The van der Waals surface area contributed by atoms with Gasteiger partial charge in [-0.2, -0.15) is 0 Å². The van der Waals surface area contributed by atoms with E-state index in [9.17, 15) is 4.79 Å². The van der Waals surface area contributed by atoms with Crippen molar-refractivity contribution in [1.82, 2.24) is 14.9 Å². The van der Waals surface area contributed by atoms with E-state index in [1.807, 2.05) is 62.4 Å². The molecule has 39 heavy (non-hydrogen) atoms. The maximum absolute atomic E-state index is 12.3. The third kappa shape index (κ3) is 5.33. The molecule has 2 atom stereocenters. The minimum atomic E-state index is -0.185. The van der Waals surface area contributed by atoms with E-state index in [0.29, 0.717) is 15.8 Å². The molecule has 1 amide bonds. The predicted octanol–water partition coefficient (Wildman–Crippen LogP) is 7.68. The highest BCUT2D eigenvalue weighted by Gasteiger charge is 2.42. The van der Waals surface area contributed by atoms with Gasteiger partial charge >= 0.3 is 0 Å². The van der Waals surface area contributed by atoms with Crippen molar-refractivity contribution in [1.29, 1.82) is 0 Å². The van der Waals surface area contributed by atoms with Gasteiger partial charge in [0.15, 0.2) is 5.11 Å². The highest BCUT2D eigenvalue weighted by atomic mass is 79.9. The van der Waals surface area contributed by atoms with E-state index in [2.05, 4.69) is 73.1 Å². The summed E-state index contributed by atoms with van der Waals surface area (Å²) in [4.78, 5) is 19.1. The third-order valence-electron chi connectivity index (χ3n) is 6.98. The summed E-state index contributed by atoms with van der Waals surface area (Å²) >= 11 is 16.1. The van der Waals surface area contributed by atoms with Crippen LogP contribution in [0.5, 0.6) is 0 Å². The van der Waals surface area contributed by atoms with Gasteiger partial charge in [0.25, 0.3) is 0 Å². The van der Waals surface area contributed by atoms with E-state index in [4.69, 9.17) is 23.8 Å². The van der Waals surface area contributed by atoms with Gasteiger partial charge in [0.2, 0.25) is 5.91 Å². The van der Waals surface area contributed by atoms with Gasteiger partial charge in [0.05, 0.1) is 28.5 Å². The number of rotatable bonds is 6. The zero-order valence-corrected chi connectivity index (χ0v) is 25.2. The normalized spacial score (nSPS) is 17.0. The standard InChI is InChI=1S/C30H29BrClN5OS/c1-17(2)29(38)34-25-13-12-22(16-24(25)32)37-28(27(35-30(37)39)26-7-5-6-14-33-26)23-15-18(3)36(19(23)4)21-10-8-20(31)9-11-21/h5-17,27-28H,1-4H3,(H,34,38)(H,35,39). The number of nitrogens with one attached hydrogen (secondary N) is 2. The van der Waals surface area contributed by atoms with Gasteiger partial charge in [-0.15, -0.1) is 0 Å². The fraction of sp³-hybridized carbons (Fsp3) is 0.233.